The van der Waals surface area contributed by atoms with Crippen LogP contribution < -0.4 is 5.73 Å². The first kappa shape index (κ1) is 15.0. The Morgan fingerprint density at radius 1 is 1.39 bits per heavy atom. The summed E-state index contributed by atoms with van der Waals surface area (Å²) in [6.45, 7) is 9.55. The van der Waals surface area contributed by atoms with E-state index in [0.29, 0.717) is 5.92 Å². The highest BCUT2D eigenvalue weighted by molar-refractivity contribution is 5.81. The molecule has 104 valence electrons. The number of nitrogens with two attached hydrogens (primary N) is 1. The zero-order chi connectivity index (χ0) is 13.9. The van der Waals surface area contributed by atoms with Crippen molar-refractivity contribution in [3.8, 4) is 0 Å². The number of nitrogens with zero attached hydrogens (tertiary/aromatic N) is 2. The molecule has 0 spiro atoms. The predicted molar refractivity (Wildman–Crippen MR) is 70.9 cm³/mol. The monoisotopic (exact) mass is 255 g/mol. The standard InChI is InChI=1S/C13H25N3O2/c1-9(2)16(11(4)17)8-12-5-6-15(7-12)13(18)10(3)14/h9-10,12H,5-8,14H2,1-4H3/t10-,12-/m0/s1. The molecule has 2 N–H and O–H groups in total. The molecule has 2 atom stereocenters. The zero-order valence-electron chi connectivity index (χ0n) is 11.8. The Labute approximate surface area is 109 Å². The lowest BCUT2D eigenvalue weighted by Crippen LogP contribution is -2.42. The largest absolute Gasteiger partial charge is 0.341 e. The van der Waals surface area contributed by atoms with Crippen molar-refractivity contribution in [3.63, 3.8) is 0 Å². The molecule has 0 bridgehead atoms. The van der Waals surface area contributed by atoms with E-state index in [1.807, 2.05) is 23.6 Å². The van der Waals surface area contributed by atoms with E-state index in [1.54, 1.807) is 13.8 Å². The number of likely N-dealkylation sites (tertiary alicyclic amines) is 1. The van der Waals surface area contributed by atoms with Gasteiger partial charge in [0.05, 0.1) is 6.04 Å². The van der Waals surface area contributed by atoms with Gasteiger partial charge in [-0.05, 0) is 33.1 Å². The van der Waals surface area contributed by atoms with E-state index in [1.165, 1.54) is 0 Å². The van der Waals surface area contributed by atoms with Crippen molar-refractivity contribution in [1.82, 2.24) is 9.80 Å². The van der Waals surface area contributed by atoms with Gasteiger partial charge in [0.1, 0.15) is 0 Å². The molecule has 0 aliphatic carbocycles. The van der Waals surface area contributed by atoms with E-state index in [4.69, 9.17) is 5.73 Å². The molecule has 1 rings (SSSR count). The summed E-state index contributed by atoms with van der Waals surface area (Å²) in [7, 11) is 0. The lowest BCUT2D eigenvalue weighted by Gasteiger charge is -2.28. The molecule has 1 saturated heterocycles. The summed E-state index contributed by atoms with van der Waals surface area (Å²) in [5.74, 6) is 0.484. The summed E-state index contributed by atoms with van der Waals surface area (Å²) in [5, 5.41) is 0. The molecular formula is C13H25N3O2. The number of hydrogen-bond acceptors (Lipinski definition) is 3. The van der Waals surface area contributed by atoms with E-state index in [2.05, 4.69) is 0 Å². The van der Waals surface area contributed by atoms with Gasteiger partial charge in [-0.3, -0.25) is 9.59 Å². The van der Waals surface area contributed by atoms with Crippen molar-refractivity contribution in [2.45, 2.75) is 46.2 Å². The van der Waals surface area contributed by atoms with Gasteiger partial charge in [0.2, 0.25) is 11.8 Å². The van der Waals surface area contributed by atoms with Crippen molar-refractivity contribution in [3.05, 3.63) is 0 Å². The molecule has 5 heteroatoms. The van der Waals surface area contributed by atoms with E-state index in [9.17, 15) is 9.59 Å². The van der Waals surface area contributed by atoms with Crippen molar-refractivity contribution in [2.75, 3.05) is 19.6 Å². The molecule has 18 heavy (non-hydrogen) atoms. The minimum absolute atomic E-state index is 0.0106. The Morgan fingerprint density at radius 3 is 2.44 bits per heavy atom. The first-order valence-corrected chi connectivity index (χ1v) is 6.64. The highest BCUT2D eigenvalue weighted by Crippen LogP contribution is 2.19. The van der Waals surface area contributed by atoms with Crippen LogP contribution in [0, 0.1) is 5.92 Å². The Hall–Kier alpha value is -1.10. The maximum atomic E-state index is 11.8. The average Bonchev–Trinajstić information content (AvgIpc) is 2.72. The van der Waals surface area contributed by atoms with Gasteiger partial charge < -0.3 is 15.5 Å². The van der Waals surface area contributed by atoms with Crippen molar-refractivity contribution < 1.29 is 9.59 Å². The summed E-state index contributed by atoms with van der Waals surface area (Å²) < 4.78 is 0. The zero-order valence-corrected chi connectivity index (χ0v) is 11.8. The van der Waals surface area contributed by atoms with Crippen LogP contribution in [0.15, 0.2) is 0 Å². The van der Waals surface area contributed by atoms with E-state index in [-0.39, 0.29) is 17.9 Å². The van der Waals surface area contributed by atoms with Gasteiger partial charge in [-0.15, -0.1) is 0 Å². The lowest BCUT2D eigenvalue weighted by atomic mass is 10.1. The molecule has 2 amide bonds. The third kappa shape index (κ3) is 3.70. The van der Waals surface area contributed by atoms with Crippen molar-refractivity contribution >= 4 is 11.8 Å². The van der Waals surface area contributed by atoms with Crippen LogP contribution in [0.1, 0.15) is 34.1 Å². The van der Waals surface area contributed by atoms with E-state index in [0.717, 1.165) is 26.1 Å². The summed E-state index contributed by atoms with van der Waals surface area (Å²) in [4.78, 5) is 27.0. The fraction of sp³-hybridized carbons (Fsp3) is 0.846. The fourth-order valence-corrected chi connectivity index (χ4v) is 2.45. The Morgan fingerprint density at radius 2 is 2.00 bits per heavy atom. The molecule has 1 aliphatic heterocycles. The van der Waals surface area contributed by atoms with Crippen LogP contribution in [-0.4, -0.2) is 53.3 Å². The molecule has 0 radical (unpaired) electrons. The number of carbonyl (C=O) groups is 2. The quantitative estimate of drug-likeness (QED) is 0.792. The maximum Gasteiger partial charge on any atom is 0.239 e. The normalized spacial score (nSPS) is 21.2. The summed E-state index contributed by atoms with van der Waals surface area (Å²) in [6.07, 6.45) is 0.953. The number of amides is 2. The minimum Gasteiger partial charge on any atom is -0.341 e. The van der Waals surface area contributed by atoms with Crippen LogP contribution in [0.5, 0.6) is 0 Å². The second-order valence-electron chi connectivity index (χ2n) is 5.49. The minimum atomic E-state index is -0.433. The van der Waals surface area contributed by atoms with E-state index < -0.39 is 6.04 Å². The highest BCUT2D eigenvalue weighted by Gasteiger charge is 2.29. The summed E-state index contributed by atoms with van der Waals surface area (Å²) >= 11 is 0. The van der Waals surface area contributed by atoms with Crippen LogP contribution in [0.4, 0.5) is 0 Å². The smallest absolute Gasteiger partial charge is 0.239 e. The molecule has 0 aromatic carbocycles. The first-order valence-electron chi connectivity index (χ1n) is 6.64. The Balaban J connectivity index is 2.52. The number of hydrogen-bond donors (Lipinski definition) is 1. The third-order valence-electron chi connectivity index (χ3n) is 3.47. The van der Waals surface area contributed by atoms with Crippen LogP contribution in [0.3, 0.4) is 0 Å². The SMILES string of the molecule is CC(=O)N(C[C@H]1CCN(C(=O)[C@H](C)N)C1)C(C)C. The number of carbonyl (C=O) groups excluding carboxylic acids is 2. The number of rotatable bonds is 4. The topological polar surface area (TPSA) is 66.6 Å². The van der Waals surface area contributed by atoms with Crippen LogP contribution in [-0.2, 0) is 9.59 Å². The lowest BCUT2D eigenvalue weighted by molar-refractivity contribution is -0.131. The van der Waals surface area contributed by atoms with Gasteiger partial charge >= 0.3 is 0 Å². The molecule has 0 aromatic heterocycles. The van der Waals surface area contributed by atoms with Crippen LogP contribution in [0.2, 0.25) is 0 Å². The summed E-state index contributed by atoms with van der Waals surface area (Å²) in [5.41, 5.74) is 5.60. The van der Waals surface area contributed by atoms with Gasteiger partial charge in [-0.2, -0.15) is 0 Å². The molecule has 0 saturated carbocycles. The van der Waals surface area contributed by atoms with Crippen molar-refractivity contribution in [2.24, 2.45) is 11.7 Å². The fourth-order valence-electron chi connectivity index (χ4n) is 2.45. The molecule has 0 aromatic rings. The second-order valence-corrected chi connectivity index (χ2v) is 5.49. The van der Waals surface area contributed by atoms with Gasteiger partial charge in [0.15, 0.2) is 0 Å². The van der Waals surface area contributed by atoms with Gasteiger partial charge in [0.25, 0.3) is 0 Å². The van der Waals surface area contributed by atoms with E-state index >= 15 is 0 Å². The molecule has 1 heterocycles. The van der Waals surface area contributed by atoms with Crippen LogP contribution in [0.25, 0.3) is 0 Å². The maximum absolute atomic E-state index is 11.8. The third-order valence-corrected chi connectivity index (χ3v) is 3.47. The van der Waals surface area contributed by atoms with Gasteiger partial charge in [0, 0.05) is 32.6 Å². The Bertz CT molecular complexity index is 315. The second kappa shape index (κ2) is 6.18. The average molecular weight is 255 g/mol. The summed E-state index contributed by atoms with van der Waals surface area (Å²) in [6, 6.07) is -0.224. The first-order chi connectivity index (χ1) is 8.32. The van der Waals surface area contributed by atoms with Gasteiger partial charge in [-0.1, -0.05) is 0 Å². The molecule has 0 unspecified atom stereocenters. The van der Waals surface area contributed by atoms with Crippen molar-refractivity contribution in [1.29, 1.82) is 0 Å². The van der Waals surface area contributed by atoms with Crippen LogP contribution >= 0.6 is 0 Å². The van der Waals surface area contributed by atoms with Gasteiger partial charge in [-0.25, -0.2) is 0 Å². The Kier molecular flexibility index (Phi) is 5.14. The predicted octanol–water partition coefficient (Wildman–Crippen LogP) is 0.439. The molecule has 1 fully saturated rings. The molecule has 5 nitrogen and oxygen atoms in total. The molecular weight excluding hydrogens is 230 g/mol. The molecule has 1 aliphatic rings. The highest BCUT2D eigenvalue weighted by atomic mass is 16.2.